The van der Waals surface area contributed by atoms with Gasteiger partial charge in [-0.15, -0.1) is 0 Å². The minimum atomic E-state index is -3.12. The van der Waals surface area contributed by atoms with Crippen molar-refractivity contribution >= 4 is 9.84 Å². The van der Waals surface area contributed by atoms with Gasteiger partial charge in [-0.1, -0.05) is 12.1 Å². The third-order valence-corrected chi connectivity index (χ3v) is 4.48. The Morgan fingerprint density at radius 2 is 1.80 bits per heavy atom. The van der Waals surface area contributed by atoms with Crippen LogP contribution in [0.4, 0.5) is 0 Å². The highest BCUT2D eigenvalue weighted by Gasteiger charge is 2.19. The van der Waals surface area contributed by atoms with Gasteiger partial charge in [0, 0.05) is 26.0 Å². The Labute approximate surface area is 122 Å². The van der Waals surface area contributed by atoms with Crippen molar-refractivity contribution in [2.45, 2.75) is 50.3 Å². The zero-order valence-corrected chi connectivity index (χ0v) is 13.8. The van der Waals surface area contributed by atoms with E-state index in [0.717, 1.165) is 12.0 Å². The highest BCUT2D eigenvalue weighted by molar-refractivity contribution is 7.90. The SMILES string of the molecule is COC(C)(C)CC(C)NCc1ccc(S(C)(=O)=O)cc1. The van der Waals surface area contributed by atoms with Crippen molar-refractivity contribution in [1.82, 2.24) is 5.32 Å². The van der Waals surface area contributed by atoms with Gasteiger partial charge in [-0.05, 0) is 44.9 Å². The first-order valence-corrected chi connectivity index (χ1v) is 8.61. The van der Waals surface area contributed by atoms with Gasteiger partial charge in [0.2, 0.25) is 0 Å². The molecule has 0 aliphatic carbocycles. The van der Waals surface area contributed by atoms with Gasteiger partial charge in [0.25, 0.3) is 0 Å². The van der Waals surface area contributed by atoms with Gasteiger partial charge >= 0.3 is 0 Å². The molecule has 20 heavy (non-hydrogen) atoms. The number of ether oxygens (including phenoxy) is 1. The number of hydrogen-bond acceptors (Lipinski definition) is 4. The molecule has 4 nitrogen and oxygen atoms in total. The first-order valence-electron chi connectivity index (χ1n) is 6.71. The fourth-order valence-corrected chi connectivity index (χ4v) is 2.67. The molecule has 0 fully saturated rings. The summed E-state index contributed by atoms with van der Waals surface area (Å²) in [6.45, 7) is 6.95. The van der Waals surface area contributed by atoms with Crippen molar-refractivity contribution in [1.29, 1.82) is 0 Å². The van der Waals surface area contributed by atoms with E-state index >= 15 is 0 Å². The fraction of sp³-hybridized carbons (Fsp3) is 0.600. The molecular weight excluding hydrogens is 274 g/mol. The molecule has 1 N–H and O–H groups in total. The van der Waals surface area contributed by atoms with Crippen molar-refractivity contribution in [3.05, 3.63) is 29.8 Å². The molecule has 0 spiro atoms. The molecule has 0 bridgehead atoms. The average molecular weight is 299 g/mol. The summed E-state index contributed by atoms with van der Waals surface area (Å²) in [4.78, 5) is 0.356. The fourth-order valence-electron chi connectivity index (χ4n) is 2.04. The molecule has 1 atom stereocenters. The summed E-state index contributed by atoms with van der Waals surface area (Å²) >= 11 is 0. The molecule has 0 saturated heterocycles. The second-order valence-electron chi connectivity index (χ2n) is 5.87. The van der Waals surface area contributed by atoms with Crippen molar-refractivity contribution in [3.63, 3.8) is 0 Å². The highest BCUT2D eigenvalue weighted by atomic mass is 32.2. The Morgan fingerprint density at radius 1 is 1.25 bits per heavy atom. The lowest BCUT2D eigenvalue weighted by Crippen LogP contribution is -2.35. The molecule has 1 unspecified atom stereocenters. The Kier molecular flexibility index (Phi) is 5.74. The number of benzene rings is 1. The van der Waals surface area contributed by atoms with Crippen molar-refractivity contribution in [2.24, 2.45) is 0 Å². The van der Waals surface area contributed by atoms with Crippen molar-refractivity contribution in [2.75, 3.05) is 13.4 Å². The summed E-state index contributed by atoms with van der Waals surface area (Å²) in [5.41, 5.74) is 0.923. The summed E-state index contributed by atoms with van der Waals surface area (Å²) < 4.78 is 28.1. The molecule has 0 aliphatic heterocycles. The maximum Gasteiger partial charge on any atom is 0.175 e. The summed E-state index contributed by atoms with van der Waals surface area (Å²) in [5.74, 6) is 0. The van der Waals surface area contributed by atoms with Gasteiger partial charge in [-0.3, -0.25) is 0 Å². The molecule has 0 radical (unpaired) electrons. The van der Waals surface area contributed by atoms with Crippen LogP contribution in [-0.2, 0) is 21.1 Å². The van der Waals surface area contributed by atoms with E-state index in [9.17, 15) is 8.42 Å². The van der Waals surface area contributed by atoms with Gasteiger partial charge in [0.1, 0.15) is 0 Å². The summed E-state index contributed by atoms with van der Waals surface area (Å²) in [6, 6.07) is 7.31. The Balaban J connectivity index is 2.54. The van der Waals surface area contributed by atoms with Gasteiger partial charge in [-0.25, -0.2) is 8.42 Å². The Hall–Kier alpha value is -0.910. The van der Waals surface area contributed by atoms with Crippen LogP contribution in [0.3, 0.4) is 0 Å². The predicted octanol–water partition coefficient (Wildman–Crippen LogP) is 2.38. The monoisotopic (exact) mass is 299 g/mol. The van der Waals surface area contributed by atoms with E-state index in [4.69, 9.17) is 4.74 Å². The zero-order valence-electron chi connectivity index (χ0n) is 12.9. The van der Waals surface area contributed by atoms with Gasteiger partial charge in [0.15, 0.2) is 9.84 Å². The van der Waals surface area contributed by atoms with Crippen LogP contribution >= 0.6 is 0 Å². The van der Waals surface area contributed by atoms with Crippen molar-refractivity contribution < 1.29 is 13.2 Å². The molecule has 0 saturated carbocycles. The number of hydrogen-bond donors (Lipinski definition) is 1. The summed E-state index contributed by atoms with van der Waals surface area (Å²) in [5, 5.41) is 3.42. The van der Waals surface area contributed by atoms with Gasteiger partial charge < -0.3 is 10.1 Å². The Bertz CT molecular complexity index is 521. The number of methoxy groups -OCH3 is 1. The summed E-state index contributed by atoms with van der Waals surface area (Å²) in [7, 11) is -1.40. The second-order valence-corrected chi connectivity index (χ2v) is 7.88. The molecule has 1 rings (SSSR count). The third kappa shape index (κ3) is 5.61. The van der Waals surface area contributed by atoms with Crippen LogP contribution in [0.1, 0.15) is 32.8 Å². The zero-order chi connectivity index (χ0) is 15.4. The first kappa shape index (κ1) is 17.1. The minimum Gasteiger partial charge on any atom is -0.379 e. The lowest BCUT2D eigenvalue weighted by Gasteiger charge is -2.27. The number of nitrogens with one attached hydrogen (secondary N) is 1. The Morgan fingerprint density at radius 3 is 2.25 bits per heavy atom. The lowest BCUT2D eigenvalue weighted by atomic mass is 10.00. The number of sulfone groups is 1. The smallest absolute Gasteiger partial charge is 0.175 e. The van der Waals surface area contributed by atoms with E-state index in [0.29, 0.717) is 17.5 Å². The lowest BCUT2D eigenvalue weighted by molar-refractivity contribution is 0.00844. The maximum absolute atomic E-state index is 11.4. The number of rotatable bonds is 7. The molecule has 0 amide bonds. The van der Waals surface area contributed by atoms with E-state index in [1.807, 2.05) is 12.1 Å². The van der Waals surface area contributed by atoms with E-state index in [2.05, 4.69) is 26.1 Å². The van der Waals surface area contributed by atoms with Crippen LogP contribution in [0.25, 0.3) is 0 Å². The molecule has 1 aromatic carbocycles. The topological polar surface area (TPSA) is 55.4 Å². The van der Waals surface area contributed by atoms with Crippen LogP contribution in [0.15, 0.2) is 29.2 Å². The minimum absolute atomic E-state index is 0.146. The van der Waals surface area contributed by atoms with Gasteiger partial charge in [0.05, 0.1) is 10.5 Å². The molecular formula is C15H25NO3S. The maximum atomic E-state index is 11.4. The average Bonchev–Trinajstić information content (AvgIpc) is 2.35. The van der Waals surface area contributed by atoms with E-state index in [1.54, 1.807) is 19.2 Å². The van der Waals surface area contributed by atoms with E-state index < -0.39 is 9.84 Å². The standard InChI is InChI=1S/C15H25NO3S/c1-12(10-15(2,3)19-4)16-11-13-6-8-14(9-7-13)20(5,17)18/h6-9,12,16H,10-11H2,1-5H3. The van der Waals surface area contributed by atoms with Crippen LogP contribution < -0.4 is 5.32 Å². The van der Waals surface area contributed by atoms with Crippen molar-refractivity contribution in [3.8, 4) is 0 Å². The van der Waals surface area contributed by atoms with E-state index in [-0.39, 0.29) is 5.60 Å². The van der Waals surface area contributed by atoms with Crippen LogP contribution in [0.2, 0.25) is 0 Å². The predicted molar refractivity (Wildman–Crippen MR) is 81.6 cm³/mol. The first-order chi connectivity index (χ1) is 9.14. The highest BCUT2D eigenvalue weighted by Crippen LogP contribution is 2.16. The third-order valence-electron chi connectivity index (χ3n) is 3.36. The van der Waals surface area contributed by atoms with Gasteiger partial charge in [-0.2, -0.15) is 0 Å². The molecule has 0 heterocycles. The molecule has 0 aromatic heterocycles. The van der Waals surface area contributed by atoms with Crippen LogP contribution in [0.5, 0.6) is 0 Å². The normalized spacial score (nSPS) is 14.2. The molecule has 1 aromatic rings. The second kappa shape index (κ2) is 6.70. The molecule has 5 heteroatoms. The van der Waals surface area contributed by atoms with Crippen LogP contribution in [-0.4, -0.2) is 33.4 Å². The summed E-state index contributed by atoms with van der Waals surface area (Å²) in [6.07, 6.45) is 2.13. The largest absolute Gasteiger partial charge is 0.379 e. The van der Waals surface area contributed by atoms with Crippen LogP contribution in [0, 0.1) is 0 Å². The van der Waals surface area contributed by atoms with E-state index in [1.165, 1.54) is 6.26 Å². The quantitative estimate of drug-likeness (QED) is 0.840. The molecule has 0 aliphatic rings. The molecule has 114 valence electrons.